The van der Waals surface area contributed by atoms with Gasteiger partial charge in [-0.15, -0.1) is 0 Å². The molecule has 0 aliphatic carbocycles. The van der Waals surface area contributed by atoms with E-state index < -0.39 is 47.4 Å². The summed E-state index contributed by atoms with van der Waals surface area (Å²) < 4.78 is 39.4. The number of anilines is 1. The van der Waals surface area contributed by atoms with Crippen LogP contribution in [0.25, 0.3) is 0 Å². The topological polar surface area (TPSA) is 78.5 Å². The minimum absolute atomic E-state index is 0.0414. The van der Waals surface area contributed by atoms with E-state index in [1.807, 2.05) is 0 Å². The number of amides is 4. The van der Waals surface area contributed by atoms with Gasteiger partial charge in [-0.1, -0.05) is 17.7 Å². The Morgan fingerprint density at radius 3 is 2.50 bits per heavy atom. The fraction of sp³-hybridized carbons (Fsp3) is 0.167. The largest absolute Gasteiger partial charge is 0.325 e. The molecule has 4 amide bonds. The van der Waals surface area contributed by atoms with E-state index in [9.17, 15) is 27.6 Å². The average molecular weight is 412 g/mol. The zero-order valence-electron chi connectivity index (χ0n) is 14.4. The Hall–Kier alpha value is -3.07. The lowest BCUT2D eigenvalue weighted by Crippen LogP contribution is -2.42. The molecular weight excluding hydrogens is 399 g/mol. The Morgan fingerprint density at radius 2 is 1.86 bits per heavy atom. The molecule has 1 aliphatic rings. The molecule has 0 spiro atoms. The Kier molecular flexibility index (Phi) is 5.03. The van der Waals surface area contributed by atoms with Gasteiger partial charge in [-0.05, 0) is 31.2 Å². The first kappa shape index (κ1) is 19.7. The number of halogens is 4. The first-order valence-corrected chi connectivity index (χ1v) is 8.34. The van der Waals surface area contributed by atoms with Crippen LogP contribution in [-0.4, -0.2) is 29.3 Å². The van der Waals surface area contributed by atoms with Gasteiger partial charge in [-0.2, -0.15) is 0 Å². The van der Waals surface area contributed by atoms with Crippen molar-refractivity contribution in [2.45, 2.75) is 12.5 Å². The van der Waals surface area contributed by atoms with Crippen molar-refractivity contribution in [2.75, 3.05) is 11.9 Å². The summed E-state index contributed by atoms with van der Waals surface area (Å²) in [5.74, 6) is -4.43. The predicted octanol–water partition coefficient (Wildman–Crippen LogP) is 3.16. The zero-order valence-corrected chi connectivity index (χ0v) is 15.1. The molecule has 0 aromatic heterocycles. The van der Waals surface area contributed by atoms with Gasteiger partial charge >= 0.3 is 6.03 Å². The second kappa shape index (κ2) is 7.16. The lowest BCUT2D eigenvalue weighted by Gasteiger charge is -2.23. The number of nitrogens with zero attached hydrogens (tertiary/aromatic N) is 1. The molecule has 28 heavy (non-hydrogen) atoms. The Morgan fingerprint density at radius 1 is 1.14 bits per heavy atom. The number of hydrogen-bond donors (Lipinski definition) is 2. The number of benzene rings is 2. The van der Waals surface area contributed by atoms with E-state index in [0.717, 1.165) is 30.3 Å². The fourth-order valence-electron chi connectivity index (χ4n) is 2.84. The third kappa shape index (κ3) is 3.53. The van der Waals surface area contributed by atoms with Crippen molar-refractivity contribution >= 4 is 35.1 Å². The maximum Gasteiger partial charge on any atom is 0.325 e. The van der Waals surface area contributed by atoms with Crippen molar-refractivity contribution in [1.29, 1.82) is 0 Å². The zero-order chi connectivity index (χ0) is 20.6. The average Bonchev–Trinajstić information content (AvgIpc) is 2.82. The minimum Gasteiger partial charge on any atom is -0.324 e. The summed E-state index contributed by atoms with van der Waals surface area (Å²) in [7, 11) is 0. The van der Waals surface area contributed by atoms with Crippen molar-refractivity contribution in [1.82, 2.24) is 10.2 Å². The van der Waals surface area contributed by atoms with E-state index in [1.165, 1.54) is 13.0 Å². The number of rotatable bonds is 4. The molecular formula is C18H13ClF3N3O3. The van der Waals surface area contributed by atoms with Crippen LogP contribution in [0.4, 0.5) is 23.7 Å². The van der Waals surface area contributed by atoms with Gasteiger partial charge in [0.15, 0.2) is 11.6 Å². The van der Waals surface area contributed by atoms with Crippen LogP contribution in [0, 0.1) is 17.5 Å². The molecule has 2 N–H and O–H groups in total. The maximum atomic E-state index is 13.3. The SMILES string of the molecule is CC1(c2ccc(F)cc2Cl)NC(=O)N(CC(=O)Nc2ccc(F)c(F)c2)C1=O. The molecule has 0 bridgehead atoms. The Labute approximate surface area is 162 Å². The van der Waals surface area contributed by atoms with Gasteiger partial charge in [0, 0.05) is 22.3 Å². The molecule has 3 rings (SSSR count). The molecule has 1 aliphatic heterocycles. The molecule has 146 valence electrons. The van der Waals surface area contributed by atoms with E-state index in [-0.39, 0.29) is 16.3 Å². The van der Waals surface area contributed by atoms with Gasteiger partial charge < -0.3 is 10.6 Å². The van der Waals surface area contributed by atoms with Gasteiger partial charge in [0.2, 0.25) is 5.91 Å². The van der Waals surface area contributed by atoms with Crippen molar-refractivity contribution in [3.8, 4) is 0 Å². The second-order valence-electron chi connectivity index (χ2n) is 6.25. The number of nitrogens with one attached hydrogen (secondary N) is 2. The molecule has 2 aromatic carbocycles. The summed E-state index contributed by atoms with van der Waals surface area (Å²) in [6, 6.07) is 5.22. The normalized spacial score (nSPS) is 19.0. The highest BCUT2D eigenvalue weighted by atomic mass is 35.5. The molecule has 1 unspecified atom stereocenters. The van der Waals surface area contributed by atoms with E-state index >= 15 is 0 Å². The summed E-state index contributed by atoms with van der Waals surface area (Å²) in [4.78, 5) is 37.8. The van der Waals surface area contributed by atoms with Crippen LogP contribution in [0.3, 0.4) is 0 Å². The molecule has 0 radical (unpaired) electrons. The van der Waals surface area contributed by atoms with Crippen molar-refractivity contribution in [3.63, 3.8) is 0 Å². The monoisotopic (exact) mass is 411 g/mol. The van der Waals surface area contributed by atoms with Crippen LogP contribution in [-0.2, 0) is 15.1 Å². The minimum atomic E-state index is -1.59. The number of imide groups is 1. The number of carbonyl (C=O) groups excluding carboxylic acids is 3. The van der Waals surface area contributed by atoms with E-state index in [0.29, 0.717) is 4.90 Å². The van der Waals surface area contributed by atoms with Crippen LogP contribution in [0.2, 0.25) is 5.02 Å². The van der Waals surface area contributed by atoms with Crippen molar-refractivity contribution in [2.24, 2.45) is 0 Å². The van der Waals surface area contributed by atoms with Gasteiger partial charge in [-0.3, -0.25) is 14.5 Å². The van der Waals surface area contributed by atoms with Crippen LogP contribution in [0.15, 0.2) is 36.4 Å². The first-order valence-electron chi connectivity index (χ1n) is 7.96. The van der Waals surface area contributed by atoms with Gasteiger partial charge in [0.25, 0.3) is 5.91 Å². The van der Waals surface area contributed by atoms with Crippen molar-refractivity contribution < 1.29 is 27.6 Å². The van der Waals surface area contributed by atoms with Gasteiger partial charge in [-0.25, -0.2) is 18.0 Å². The smallest absolute Gasteiger partial charge is 0.324 e. The molecule has 1 atom stereocenters. The van der Waals surface area contributed by atoms with E-state index in [4.69, 9.17) is 11.6 Å². The summed E-state index contributed by atoms with van der Waals surface area (Å²) >= 11 is 5.99. The van der Waals surface area contributed by atoms with E-state index in [1.54, 1.807) is 0 Å². The Bertz CT molecular complexity index is 1000. The highest BCUT2D eigenvalue weighted by Gasteiger charge is 2.50. The third-order valence-corrected chi connectivity index (χ3v) is 4.56. The predicted molar refractivity (Wildman–Crippen MR) is 94.0 cm³/mol. The number of hydrogen-bond acceptors (Lipinski definition) is 3. The molecule has 1 saturated heterocycles. The standard InChI is InChI=1S/C18H13ClF3N3O3/c1-18(11-4-2-9(20)6-12(11)19)16(27)25(17(28)24-18)8-15(26)23-10-3-5-13(21)14(22)7-10/h2-7H,8H2,1H3,(H,23,26)(H,24,28). The van der Waals surface area contributed by atoms with Crippen molar-refractivity contribution in [3.05, 3.63) is 64.4 Å². The van der Waals surface area contributed by atoms with Crippen LogP contribution < -0.4 is 10.6 Å². The van der Waals surface area contributed by atoms with Crippen LogP contribution >= 0.6 is 11.6 Å². The molecule has 6 nitrogen and oxygen atoms in total. The highest BCUT2D eigenvalue weighted by molar-refractivity contribution is 6.32. The van der Waals surface area contributed by atoms with Crippen LogP contribution in [0.5, 0.6) is 0 Å². The van der Waals surface area contributed by atoms with Gasteiger partial charge in [0.1, 0.15) is 17.9 Å². The van der Waals surface area contributed by atoms with Crippen LogP contribution in [0.1, 0.15) is 12.5 Å². The fourth-order valence-corrected chi connectivity index (χ4v) is 3.19. The summed E-state index contributed by atoms with van der Waals surface area (Å²) in [5, 5.41) is 4.64. The molecule has 0 saturated carbocycles. The molecule has 10 heteroatoms. The number of urea groups is 1. The summed E-state index contributed by atoms with van der Waals surface area (Å²) in [5.41, 5.74) is -1.47. The third-order valence-electron chi connectivity index (χ3n) is 4.25. The summed E-state index contributed by atoms with van der Waals surface area (Å²) in [6.07, 6.45) is 0. The lowest BCUT2D eigenvalue weighted by molar-refractivity contribution is -0.133. The first-order chi connectivity index (χ1) is 13.1. The quantitative estimate of drug-likeness (QED) is 0.759. The second-order valence-corrected chi connectivity index (χ2v) is 6.65. The maximum absolute atomic E-state index is 13.3. The van der Waals surface area contributed by atoms with Gasteiger partial charge in [0.05, 0.1) is 0 Å². The Balaban J connectivity index is 1.78. The highest BCUT2D eigenvalue weighted by Crippen LogP contribution is 2.33. The molecule has 1 heterocycles. The molecule has 2 aromatic rings. The molecule has 1 fully saturated rings. The summed E-state index contributed by atoms with van der Waals surface area (Å²) in [6.45, 7) is 0.706. The van der Waals surface area contributed by atoms with E-state index in [2.05, 4.69) is 10.6 Å². The number of carbonyl (C=O) groups is 3. The lowest BCUT2D eigenvalue weighted by atomic mass is 9.92.